The molecular formula is C19H17ClFN7O. The summed E-state index contributed by atoms with van der Waals surface area (Å²) in [7, 11) is 0. The first kappa shape index (κ1) is 19.0. The second-order valence-corrected chi connectivity index (χ2v) is 7.58. The van der Waals surface area contributed by atoms with Crippen LogP contribution in [0.15, 0.2) is 30.6 Å². The van der Waals surface area contributed by atoms with Crippen molar-refractivity contribution in [2.75, 3.05) is 23.7 Å². The predicted octanol–water partition coefficient (Wildman–Crippen LogP) is 2.68. The van der Waals surface area contributed by atoms with E-state index < -0.39 is 11.4 Å². The van der Waals surface area contributed by atoms with Crippen molar-refractivity contribution in [1.29, 1.82) is 5.26 Å². The third kappa shape index (κ3) is 2.76. The Hall–Kier alpha value is -3.38. The van der Waals surface area contributed by atoms with E-state index in [4.69, 9.17) is 17.3 Å². The number of nitrogen functional groups attached to an aromatic ring is 1. The minimum atomic E-state index is -0.971. The monoisotopic (exact) mass is 413 g/mol. The molecule has 2 N–H and O–H groups in total. The number of aromatic nitrogens is 3. The summed E-state index contributed by atoms with van der Waals surface area (Å²) in [6.45, 7) is 4.15. The molecule has 10 heteroatoms. The number of nitriles is 1. The first-order valence-corrected chi connectivity index (χ1v) is 9.21. The zero-order valence-electron chi connectivity index (χ0n) is 15.7. The Labute approximate surface area is 170 Å². The highest BCUT2D eigenvalue weighted by molar-refractivity contribution is 6.35. The second-order valence-electron chi connectivity index (χ2n) is 7.20. The second kappa shape index (κ2) is 6.60. The molecular weight excluding hydrogens is 397 g/mol. The molecule has 8 nitrogen and oxygen atoms in total. The molecule has 1 aliphatic heterocycles. The number of carbonyl (C=O) groups is 1. The van der Waals surface area contributed by atoms with Crippen molar-refractivity contribution in [3.63, 3.8) is 0 Å². The van der Waals surface area contributed by atoms with E-state index in [1.807, 2.05) is 0 Å². The standard InChI is InChI=1S/C19H17ClFN7O/c1-19(2)18(29)27(7-6-26(19)9-22)12-5-3-4-11(8-12)15-14(21)13(20)16-17(23)24-10-25-28(15)16/h3-5,8,10H,6-7H2,1-2H3,(H2,23,24,25). The number of anilines is 2. The summed E-state index contributed by atoms with van der Waals surface area (Å²) in [6.07, 6.45) is 3.28. The van der Waals surface area contributed by atoms with E-state index in [0.29, 0.717) is 24.3 Å². The van der Waals surface area contributed by atoms with Crippen LogP contribution in [0.2, 0.25) is 5.02 Å². The Morgan fingerprint density at radius 1 is 1.34 bits per heavy atom. The number of hydrogen-bond acceptors (Lipinski definition) is 6. The number of rotatable bonds is 2. The average Bonchev–Trinajstić information content (AvgIpc) is 2.95. The van der Waals surface area contributed by atoms with Crippen LogP contribution in [-0.2, 0) is 4.79 Å². The van der Waals surface area contributed by atoms with Crippen LogP contribution in [0.1, 0.15) is 13.8 Å². The maximum Gasteiger partial charge on any atom is 0.253 e. The number of nitrogens with two attached hydrogens (primary N) is 1. The largest absolute Gasteiger partial charge is 0.382 e. The zero-order chi connectivity index (χ0) is 20.9. The molecule has 0 bridgehead atoms. The van der Waals surface area contributed by atoms with Gasteiger partial charge in [0.05, 0.1) is 0 Å². The van der Waals surface area contributed by atoms with Crippen LogP contribution in [0.4, 0.5) is 15.9 Å². The van der Waals surface area contributed by atoms with Crippen LogP contribution < -0.4 is 10.6 Å². The molecule has 0 radical (unpaired) electrons. The fourth-order valence-electron chi connectivity index (χ4n) is 3.56. The number of benzene rings is 1. The van der Waals surface area contributed by atoms with E-state index in [-0.39, 0.29) is 28.0 Å². The summed E-state index contributed by atoms with van der Waals surface area (Å²) < 4.78 is 16.3. The lowest BCUT2D eigenvalue weighted by molar-refractivity contribution is -0.129. The van der Waals surface area contributed by atoms with E-state index in [1.165, 1.54) is 15.7 Å². The summed E-state index contributed by atoms with van der Waals surface area (Å²) in [5.74, 6) is -0.819. The first-order chi connectivity index (χ1) is 13.8. The molecule has 0 saturated carbocycles. The minimum absolute atomic E-state index is 0.0656. The fraction of sp³-hybridized carbons (Fsp3) is 0.263. The van der Waals surface area contributed by atoms with Gasteiger partial charge in [0.15, 0.2) is 17.8 Å². The van der Waals surface area contributed by atoms with E-state index in [2.05, 4.69) is 16.3 Å². The van der Waals surface area contributed by atoms with Crippen molar-refractivity contribution < 1.29 is 9.18 Å². The summed E-state index contributed by atoms with van der Waals surface area (Å²) in [5.41, 5.74) is 6.24. The van der Waals surface area contributed by atoms with Crippen LogP contribution in [0.3, 0.4) is 0 Å². The van der Waals surface area contributed by atoms with Crippen LogP contribution in [-0.4, -0.2) is 44.0 Å². The molecule has 3 aromatic rings. The Balaban J connectivity index is 1.82. The van der Waals surface area contributed by atoms with Gasteiger partial charge in [-0.3, -0.25) is 9.69 Å². The molecule has 148 valence electrons. The third-order valence-corrected chi connectivity index (χ3v) is 5.53. The van der Waals surface area contributed by atoms with Gasteiger partial charge in [-0.1, -0.05) is 23.7 Å². The molecule has 1 fully saturated rings. The molecule has 1 aromatic carbocycles. The smallest absolute Gasteiger partial charge is 0.253 e. The third-order valence-electron chi connectivity index (χ3n) is 5.18. The molecule has 0 spiro atoms. The van der Waals surface area contributed by atoms with Gasteiger partial charge in [0.25, 0.3) is 5.91 Å². The fourth-order valence-corrected chi connectivity index (χ4v) is 3.83. The van der Waals surface area contributed by atoms with Crippen molar-refractivity contribution in [3.8, 4) is 17.5 Å². The Morgan fingerprint density at radius 2 is 2.10 bits per heavy atom. The quantitative estimate of drug-likeness (QED) is 0.648. The van der Waals surface area contributed by atoms with E-state index in [1.54, 1.807) is 43.0 Å². The molecule has 1 saturated heterocycles. The number of piperazine rings is 1. The molecule has 0 aliphatic carbocycles. The molecule has 4 rings (SSSR count). The lowest BCUT2D eigenvalue weighted by Crippen LogP contribution is -2.61. The number of hydrogen-bond donors (Lipinski definition) is 1. The number of halogens is 2. The van der Waals surface area contributed by atoms with E-state index >= 15 is 0 Å². The van der Waals surface area contributed by atoms with E-state index in [9.17, 15) is 14.4 Å². The minimum Gasteiger partial charge on any atom is -0.382 e. The highest BCUT2D eigenvalue weighted by Crippen LogP contribution is 2.36. The maximum absolute atomic E-state index is 15.0. The van der Waals surface area contributed by atoms with Crippen molar-refractivity contribution in [2.24, 2.45) is 0 Å². The Bertz CT molecular complexity index is 1180. The number of carbonyl (C=O) groups excluding carboxylic acids is 1. The summed E-state index contributed by atoms with van der Waals surface area (Å²) in [4.78, 5) is 19.9. The molecule has 1 amide bonds. The number of nitrogens with zero attached hydrogens (tertiary/aromatic N) is 6. The number of amides is 1. The lowest BCUT2D eigenvalue weighted by Gasteiger charge is -2.43. The topological polar surface area (TPSA) is 104 Å². The summed E-state index contributed by atoms with van der Waals surface area (Å²) in [5, 5.41) is 13.2. The van der Waals surface area contributed by atoms with Crippen molar-refractivity contribution in [2.45, 2.75) is 19.4 Å². The molecule has 3 heterocycles. The van der Waals surface area contributed by atoms with Gasteiger partial charge in [-0.25, -0.2) is 13.9 Å². The number of fused-ring (bicyclic) bond motifs is 1. The lowest BCUT2D eigenvalue weighted by atomic mass is 9.97. The van der Waals surface area contributed by atoms with E-state index in [0.717, 1.165) is 0 Å². The van der Waals surface area contributed by atoms with Gasteiger partial charge in [-0.2, -0.15) is 10.4 Å². The van der Waals surface area contributed by atoms with Crippen molar-refractivity contribution >= 4 is 34.5 Å². The molecule has 2 aromatic heterocycles. The molecule has 0 atom stereocenters. The maximum atomic E-state index is 15.0. The summed E-state index contributed by atoms with van der Waals surface area (Å²) >= 11 is 6.13. The van der Waals surface area contributed by atoms with Gasteiger partial charge in [0.2, 0.25) is 0 Å². The zero-order valence-corrected chi connectivity index (χ0v) is 16.5. The molecule has 29 heavy (non-hydrogen) atoms. The highest BCUT2D eigenvalue weighted by atomic mass is 35.5. The normalized spacial score (nSPS) is 16.3. The van der Waals surface area contributed by atoms with Crippen LogP contribution in [0, 0.1) is 17.3 Å². The Morgan fingerprint density at radius 3 is 2.83 bits per heavy atom. The van der Waals surface area contributed by atoms with Gasteiger partial charge in [-0.05, 0) is 26.0 Å². The van der Waals surface area contributed by atoms with Crippen LogP contribution in [0.25, 0.3) is 16.8 Å². The van der Waals surface area contributed by atoms with Crippen LogP contribution in [0.5, 0.6) is 0 Å². The summed E-state index contributed by atoms with van der Waals surface area (Å²) in [6, 6.07) is 6.87. The van der Waals surface area contributed by atoms with Gasteiger partial charge in [0, 0.05) is 24.3 Å². The van der Waals surface area contributed by atoms with Crippen LogP contribution >= 0.6 is 11.6 Å². The van der Waals surface area contributed by atoms with Gasteiger partial charge in [-0.15, -0.1) is 0 Å². The van der Waals surface area contributed by atoms with Crippen molar-refractivity contribution in [3.05, 3.63) is 41.4 Å². The Kier molecular flexibility index (Phi) is 4.31. The van der Waals surface area contributed by atoms with Crippen molar-refractivity contribution in [1.82, 2.24) is 19.5 Å². The molecule has 1 aliphatic rings. The molecule has 0 unspecified atom stereocenters. The average molecular weight is 414 g/mol. The SMILES string of the molecule is CC1(C)C(=O)N(c2cccc(-c3c(F)c(Cl)c4c(N)ncnn34)c2)CCN1C#N. The predicted molar refractivity (Wildman–Crippen MR) is 107 cm³/mol. The van der Waals surface area contributed by atoms with Gasteiger partial charge < -0.3 is 10.6 Å². The van der Waals surface area contributed by atoms with Gasteiger partial charge >= 0.3 is 0 Å². The first-order valence-electron chi connectivity index (χ1n) is 8.83. The highest BCUT2D eigenvalue weighted by Gasteiger charge is 2.42. The van der Waals surface area contributed by atoms with Gasteiger partial charge in [0.1, 0.15) is 28.1 Å².